The molecule has 0 bridgehead atoms. The molecule has 0 fully saturated rings. The summed E-state index contributed by atoms with van der Waals surface area (Å²) in [5.74, 6) is 0. The Morgan fingerprint density at radius 3 is 2.57 bits per heavy atom. The van der Waals surface area contributed by atoms with Gasteiger partial charge >= 0.3 is 0 Å². The van der Waals surface area contributed by atoms with Crippen molar-refractivity contribution >= 4 is 0 Å². The molecule has 0 radical (unpaired) electrons. The fourth-order valence-corrected chi connectivity index (χ4v) is 1.40. The highest BCUT2D eigenvalue weighted by molar-refractivity contribution is 4.81. The third-order valence-corrected chi connectivity index (χ3v) is 3.01. The van der Waals surface area contributed by atoms with Gasteiger partial charge in [0.1, 0.15) is 0 Å². The minimum atomic E-state index is 0.285. The molecule has 0 aliphatic rings. The number of hydrogen-bond acceptors (Lipinski definition) is 2. The van der Waals surface area contributed by atoms with Gasteiger partial charge in [-0.15, -0.1) is 0 Å². The Morgan fingerprint density at radius 1 is 1.36 bits per heavy atom. The van der Waals surface area contributed by atoms with E-state index in [2.05, 4.69) is 31.2 Å². The molecule has 0 saturated carbocycles. The van der Waals surface area contributed by atoms with Crippen molar-refractivity contribution in [2.45, 2.75) is 45.7 Å². The van der Waals surface area contributed by atoms with E-state index in [1.165, 1.54) is 12.8 Å². The summed E-state index contributed by atoms with van der Waals surface area (Å²) < 4.78 is 1.96. The van der Waals surface area contributed by atoms with Crippen LogP contribution in [0.25, 0.3) is 0 Å². The van der Waals surface area contributed by atoms with E-state index in [-0.39, 0.29) is 5.54 Å². The first kappa shape index (κ1) is 11.2. The highest BCUT2D eigenvalue weighted by Crippen LogP contribution is 2.12. The minimum absolute atomic E-state index is 0.285. The summed E-state index contributed by atoms with van der Waals surface area (Å²) in [6, 6.07) is 1.96. The van der Waals surface area contributed by atoms with Crippen molar-refractivity contribution in [3.63, 3.8) is 0 Å². The smallest absolute Gasteiger partial charge is 0.0534 e. The Labute approximate surface area is 86.5 Å². The van der Waals surface area contributed by atoms with Gasteiger partial charge in [0.2, 0.25) is 0 Å². The lowest BCUT2D eigenvalue weighted by Crippen LogP contribution is -2.42. The van der Waals surface area contributed by atoms with Crippen LogP contribution in [0, 0.1) is 0 Å². The van der Waals surface area contributed by atoms with Gasteiger partial charge in [-0.3, -0.25) is 4.68 Å². The molecule has 0 aliphatic carbocycles. The van der Waals surface area contributed by atoms with E-state index in [4.69, 9.17) is 0 Å². The quantitative estimate of drug-likeness (QED) is 0.753. The molecular formula is C11H21N3. The van der Waals surface area contributed by atoms with Crippen LogP contribution in [0.2, 0.25) is 0 Å². The molecule has 0 atom stereocenters. The van der Waals surface area contributed by atoms with Crippen LogP contribution in [-0.4, -0.2) is 21.9 Å². The van der Waals surface area contributed by atoms with E-state index >= 15 is 0 Å². The SMILES string of the molecule is CCC(C)(CC)NCCn1cccn1. The predicted octanol–water partition coefficient (Wildman–Crippen LogP) is 2.05. The molecule has 0 amide bonds. The summed E-state index contributed by atoms with van der Waals surface area (Å²) in [6.07, 6.45) is 6.15. The second kappa shape index (κ2) is 5.15. The first-order valence-electron chi connectivity index (χ1n) is 5.42. The Morgan fingerprint density at radius 2 is 2.07 bits per heavy atom. The maximum absolute atomic E-state index is 4.16. The molecule has 1 aromatic rings. The summed E-state index contributed by atoms with van der Waals surface area (Å²) in [7, 11) is 0. The molecule has 3 heteroatoms. The number of nitrogens with one attached hydrogen (secondary N) is 1. The molecule has 1 aromatic heterocycles. The fraction of sp³-hybridized carbons (Fsp3) is 0.727. The lowest BCUT2D eigenvalue weighted by molar-refractivity contribution is 0.323. The van der Waals surface area contributed by atoms with Gasteiger partial charge in [-0.05, 0) is 25.8 Å². The summed E-state index contributed by atoms with van der Waals surface area (Å²) in [4.78, 5) is 0. The summed E-state index contributed by atoms with van der Waals surface area (Å²) in [6.45, 7) is 8.66. The zero-order valence-corrected chi connectivity index (χ0v) is 9.45. The Hall–Kier alpha value is -0.830. The monoisotopic (exact) mass is 195 g/mol. The minimum Gasteiger partial charge on any atom is -0.310 e. The van der Waals surface area contributed by atoms with Crippen molar-refractivity contribution < 1.29 is 0 Å². The largest absolute Gasteiger partial charge is 0.310 e. The summed E-state index contributed by atoms with van der Waals surface area (Å²) >= 11 is 0. The molecule has 14 heavy (non-hydrogen) atoms. The van der Waals surface area contributed by atoms with Crippen LogP contribution in [0.5, 0.6) is 0 Å². The van der Waals surface area contributed by atoms with E-state index in [0.717, 1.165) is 13.1 Å². The summed E-state index contributed by atoms with van der Waals surface area (Å²) in [5, 5.41) is 7.74. The first-order valence-corrected chi connectivity index (χ1v) is 5.42. The van der Waals surface area contributed by atoms with Gasteiger partial charge in [-0.25, -0.2) is 0 Å². The molecule has 3 nitrogen and oxygen atoms in total. The van der Waals surface area contributed by atoms with Crippen LogP contribution in [0.15, 0.2) is 18.5 Å². The molecular weight excluding hydrogens is 174 g/mol. The molecule has 80 valence electrons. The second-order valence-corrected chi connectivity index (χ2v) is 3.96. The molecule has 0 aliphatic heterocycles. The third-order valence-electron chi connectivity index (χ3n) is 3.01. The maximum Gasteiger partial charge on any atom is 0.0534 e. The fourth-order valence-electron chi connectivity index (χ4n) is 1.40. The summed E-state index contributed by atoms with van der Waals surface area (Å²) in [5.41, 5.74) is 0.285. The van der Waals surface area contributed by atoms with E-state index in [1.54, 1.807) is 0 Å². The zero-order valence-electron chi connectivity index (χ0n) is 9.45. The van der Waals surface area contributed by atoms with E-state index in [1.807, 2.05) is 23.1 Å². The predicted molar refractivity (Wildman–Crippen MR) is 59.2 cm³/mol. The van der Waals surface area contributed by atoms with Crippen molar-refractivity contribution in [3.8, 4) is 0 Å². The first-order chi connectivity index (χ1) is 6.70. The van der Waals surface area contributed by atoms with Gasteiger partial charge in [0.15, 0.2) is 0 Å². The van der Waals surface area contributed by atoms with Crippen molar-refractivity contribution in [2.75, 3.05) is 6.54 Å². The zero-order chi connectivity index (χ0) is 10.4. The van der Waals surface area contributed by atoms with Crippen LogP contribution in [0.1, 0.15) is 33.6 Å². The molecule has 1 rings (SSSR count). The lowest BCUT2D eigenvalue weighted by Gasteiger charge is -2.28. The average Bonchev–Trinajstić information content (AvgIpc) is 2.70. The van der Waals surface area contributed by atoms with Crippen molar-refractivity contribution in [2.24, 2.45) is 0 Å². The molecule has 0 spiro atoms. The van der Waals surface area contributed by atoms with Crippen molar-refractivity contribution in [3.05, 3.63) is 18.5 Å². The number of rotatable bonds is 6. The lowest BCUT2D eigenvalue weighted by atomic mass is 9.96. The molecule has 0 unspecified atom stereocenters. The van der Waals surface area contributed by atoms with Crippen LogP contribution < -0.4 is 5.32 Å². The van der Waals surface area contributed by atoms with Crippen molar-refractivity contribution in [1.82, 2.24) is 15.1 Å². The Bertz CT molecular complexity index is 237. The molecule has 1 heterocycles. The van der Waals surface area contributed by atoms with Gasteiger partial charge in [0.05, 0.1) is 6.54 Å². The Balaban J connectivity index is 2.27. The van der Waals surface area contributed by atoms with Gasteiger partial charge in [-0.1, -0.05) is 13.8 Å². The Kier molecular flexibility index (Phi) is 4.14. The topological polar surface area (TPSA) is 29.9 Å². The van der Waals surface area contributed by atoms with Crippen molar-refractivity contribution in [1.29, 1.82) is 0 Å². The highest BCUT2D eigenvalue weighted by Gasteiger charge is 2.17. The van der Waals surface area contributed by atoms with E-state index in [0.29, 0.717) is 0 Å². The maximum atomic E-state index is 4.16. The number of nitrogens with zero attached hydrogens (tertiary/aromatic N) is 2. The molecule has 0 saturated heterocycles. The normalized spacial score (nSPS) is 11.9. The third kappa shape index (κ3) is 3.14. The van der Waals surface area contributed by atoms with Gasteiger partial charge < -0.3 is 5.32 Å². The van der Waals surface area contributed by atoms with E-state index in [9.17, 15) is 0 Å². The average molecular weight is 195 g/mol. The van der Waals surface area contributed by atoms with Crippen LogP contribution in [-0.2, 0) is 6.54 Å². The van der Waals surface area contributed by atoms with Gasteiger partial charge in [-0.2, -0.15) is 5.10 Å². The number of aromatic nitrogens is 2. The van der Waals surface area contributed by atoms with Crippen LogP contribution >= 0.6 is 0 Å². The molecule has 1 N–H and O–H groups in total. The van der Waals surface area contributed by atoms with Crippen LogP contribution in [0.4, 0.5) is 0 Å². The highest BCUT2D eigenvalue weighted by atomic mass is 15.3. The van der Waals surface area contributed by atoms with Gasteiger partial charge in [0, 0.05) is 24.5 Å². The van der Waals surface area contributed by atoms with Crippen LogP contribution in [0.3, 0.4) is 0 Å². The standard InChI is InChI=1S/C11H21N3/c1-4-11(3,5-2)12-8-10-14-9-6-7-13-14/h6-7,9,12H,4-5,8,10H2,1-3H3. The van der Waals surface area contributed by atoms with Gasteiger partial charge in [0.25, 0.3) is 0 Å². The number of hydrogen-bond donors (Lipinski definition) is 1. The second-order valence-electron chi connectivity index (χ2n) is 3.96. The van der Waals surface area contributed by atoms with E-state index < -0.39 is 0 Å². The molecule has 0 aromatic carbocycles.